The summed E-state index contributed by atoms with van der Waals surface area (Å²) in [6, 6.07) is 12.8. The van der Waals surface area contributed by atoms with Crippen LogP contribution in [0.3, 0.4) is 0 Å². The maximum Gasteiger partial charge on any atom is 0.261 e. The zero-order chi connectivity index (χ0) is 21.8. The molecule has 0 N–H and O–H groups in total. The van der Waals surface area contributed by atoms with Crippen molar-refractivity contribution in [3.63, 3.8) is 0 Å². The first kappa shape index (κ1) is 20.7. The highest BCUT2D eigenvalue weighted by atomic mass is 16.5. The van der Waals surface area contributed by atoms with Gasteiger partial charge in [-0.15, -0.1) is 0 Å². The van der Waals surface area contributed by atoms with Crippen LogP contribution in [0.4, 0.5) is 0 Å². The number of nitrogens with zero attached hydrogens (tertiary/aromatic N) is 3. The number of rotatable bonds is 6. The third-order valence-electron chi connectivity index (χ3n) is 5.49. The minimum Gasteiger partial charge on any atom is -0.497 e. The minimum atomic E-state index is -0.131. The fourth-order valence-electron chi connectivity index (χ4n) is 3.84. The van der Waals surface area contributed by atoms with E-state index in [0.717, 1.165) is 24.2 Å². The molecule has 1 amide bonds. The third-order valence-corrected chi connectivity index (χ3v) is 5.49. The SMILES string of the molecule is COc1ccc(-c2noc(C3CCCN(C(=O)c4c(OC)cccc4OC)C3)n2)cc1. The number of ether oxygens (including phenoxy) is 3. The lowest BCUT2D eigenvalue weighted by atomic mass is 9.97. The van der Waals surface area contributed by atoms with Crippen molar-refractivity contribution in [1.82, 2.24) is 15.0 Å². The van der Waals surface area contributed by atoms with Gasteiger partial charge < -0.3 is 23.6 Å². The number of piperidine rings is 1. The van der Waals surface area contributed by atoms with Crippen LogP contribution in [0.2, 0.25) is 0 Å². The summed E-state index contributed by atoms with van der Waals surface area (Å²) in [7, 11) is 4.71. The van der Waals surface area contributed by atoms with Crippen molar-refractivity contribution in [2.45, 2.75) is 18.8 Å². The maximum atomic E-state index is 13.3. The van der Waals surface area contributed by atoms with Crippen LogP contribution in [-0.4, -0.2) is 55.4 Å². The first-order valence-corrected chi connectivity index (χ1v) is 10.1. The number of methoxy groups -OCH3 is 3. The quantitative estimate of drug-likeness (QED) is 0.596. The van der Waals surface area contributed by atoms with E-state index in [4.69, 9.17) is 18.7 Å². The molecule has 8 nitrogen and oxygen atoms in total. The van der Waals surface area contributed by atoms with Gasteiger partial charge in [0.1, 0.15) is 22.8 Å². The molecule has 1 unspecified atom stereocenters. The molecule has 0 saturated carbocycles. The van der Waals surface area contributed by atoms with Crippen LogP contribution < -0.4 is 14.2 Å². The van der Waals surface area contributed by atoms with Crippen molar-refractivity contribution >= 4 is 5.91 Å². The molecule has 1 saturated heterocycles. The summed E-state index contributed by atoms with van der Waals surface area (Å²) >= 11 is 0. The normalized spacial score (nSPS) is 16.1. The molecule has 2 aromatic carbocycles. The van der Waals surface area contributed by atoms with Crippen molar-refractivity contribution in [2.75, 3.05) is 34.4 Å². The van der Waals surface area contributed by atoms with E-state index in [1.54, 1.807) is 44.4 Å². The topological polar surface area (TPSA) is 86.9 Å². The van der Waals surface area contributed by atoms with Gasteiger partial charge in [-0.2, -0.15) is 4.98 Å². The largest absolute Gasteiger partial charge is 0.497 e. The fourth-order valence-corrected chi connectivity index (χ4v) is 3.84. The van der Waals surface area contributed by atoms with Crippen molar-refractivity contribution in [3.05, 3.63) is 53.9 Å². The lowest BCUT2D eigenvalue weighted by Gasteiger charge is -2.31. The van der Waals surface area contributed by atoms with E-state index >= 15 is 0 Å². The molecule has 1 aliphatic rings. The average Bonchev–Trinajstić information content (AvgIpc) is 3.33. The number of likely N-dealkylation sites (tertiary alicyclic amines) is 1. The van der Waals surface area contributed by atoms with Crippen molar-refractivity contribution < 1.29 is 23.5 Å². The van der Waals surface area contributed by atoms with E-state index in [9.17, 15) is 4.79 Å². The summed E-state index contributed by atoms with van der Waals surface area (Å²) in [5.41, 5.74) is 1.27. The van der Waals surface area contributed by atoms with Crippen molar-refractivity contribution in [1.29, 1.82) is 0 Å². The molecule has 0 radical (unpaired) electrons. The summed E-state index contributed by atoms with van der Waals surface area (Å²) in [5, 5.41) is 4.13. The highest BCUT2D eigenvalue weighted by Gasteiger charge is 2.31. The Bertz CT molecular complexity index is 1030. The van der Waals surface area contributed by atoms with E-state index in [0.29, 0.717) is 41.9 Å². The molecular weight excluding hydrogens is 398 g/mol. The molecule has 1 fully saturated rings. The van der Waals surface area contributed by atoms with Crippen LogP contribution in [0.1, 0.15) is 35.0 Å². The Morgan fingerprint density at radius 3 is 2.39 bits per heavy atom. The Hall–Kier alpha value is -3.55. The monoisotopic (exact) mass is 423 g/mol. The van der Waals surface area contributed by atoms with E-state index in [2.05, 4.69) is 10.1 Å². The maximum absolute atomic E-state index is 13.3. The Balaban J connectivity index is 1.53. The summed E-state index contributed by atoms with van der Waals surface area (Å²) < 4.78 is 21.6. The second kappa shape index (κ2) is 9.07. The number of hydrogen-bond acceptors (Lipinski definition) is 7. The van der Waals surface area contributed by atoms with Gasteiger partial charge in [0.05, 0.1) is 27.2 Å². The number of benzene rings is 2. The third kappa shape index (κ3) is 4.19. The molecule has 31 heavy (non-hydrogen) atoms. The van der Waals surface area contributed by atoms with Crippen LogP contribution in [0.5, 0.6) is 17.2 Å². The number of hydrogen-bond donors (Lipinski definition) is 0. The van der Waals surface area contributed by atoms with E-state index in [1.807, 2.05) is 24.3 Å². The second-order valence-corrected chi connectivity index (χ2v) is 7.31. The van der Waals surface area contributed by atoms with Gasteiger partial charge in [-0.25, -0.2) is 0 Å². The summed E-state index contributed by atoms with van der Waals surface area (Å²) in [4.78, 5) is 19.7. The highest BCUT2D eigenvalue weighted by molar-refractivity contribution is 5.99. The molecule has 162 valence electrons. The predicted octanol–water partition coefficient (Wildman–Crippen LogP) is 3.78. The van der Waals surface area contributed by atoms with E-state index in [1.165, 1.54) is 0 Å². The molecule has 1 aliphatic heterocycles. The van der Waals surface area contributed by atoms with Crippen LogP contribution in [0.25, 0.3) is 11.4 Å². The highest BCUT2D eigenvalue weighted by Crippen LogP contribution is 2.33. The lowest BCUT2D eigenvalue weighted by Crippen LogP contribution is -2.39. The number of aromatic nitrogens is 2. The zero-order valence-corrected chi connectivity index (χ0v) is 17.8. The molecule has 8 heteroatoms. The number of amides is 1. The molecule has 1 atom stereocenters. The minimum absolute atomic E-state index is 0.0297. The van der Waals surface area contributed by atoms with E-state index in [-0.39, 0.29) is 11.8 Å². The fraction of sp³-hybridized carbons (Fsp3) is 0.348. The van der Waals surface area contributed by atoms with Crippen molar-refractivity contribution in [2.24, 2.45) is 0 Å². The van der Waals surface area contributed by atoms with Gasteiger partial charge in [0.25, 0.3) is 5.91 Å². The molecule has 4 rings (SSSR count). The van der Waals surface area contributed by atoms with Crippen LogP contribution in [0, 0.1) is 0 Å². The van der Waals surface area contributed by atoms with Gasteiger partial charge in [-0.05, 0) is 49.2 Å². The molecule has 0 spiro atoms. The average molecular weight is 423 g/mol. The number of carbonyl (C=O) groups excluding carboxylic acids is 1. The lowest BCUT2D eigenvalue weighted by molar-refractivity contribution is 0.0688. The van der Waals surface area contributed by atoms with Gasteiger partial charge in [0.2, 0.25) is 11.7 Å². The second-order valence-electron chi connectivity index (χ2n) is 7.31. The first-order valence-electron chi connectivity index (χ1n) is 10.1. The smallest absolute Gasteiger partial charge is 0.261 e. The molecule has 0 bridgehead atoms. The van der Waals surface area contributed by atoms with Gasteiger partial charge in [0, 0.05) is 18.7 Å². The predicted molar refractivity (Wildman–Crippen MR) is 114 cm³/mol. The molecule has 0 aliphatic carbocycles. The summed E-state index contributed by atoms with van der Waals surface area (Å²) in [6.45, 7) is 1.14. The van der Waals surface area contributed by atoms with Crippen molar-refractivity contribution in [3.8, 4) is 28.6 Å². The Morgan fingerprint density at radius 1 is 1.03 bits per heavy atom. The molecular formula is C23H25N3O5. The van der Waals surface area contributed by atoms with Crippen LogP contribution >= 0.6 is 0 Å². The van der Waals surface area contributed by atoms with Gasteiger partial charge in [0.15, 0.2) is 0 Å². The van der Waals surface area contributed by atoms with Crippen LogP contribution in [-0.2, 0) is 0 Å². The summed E-state index contributed by atoms with van der Waals surface area (Å²) in [6.07, 6.45) is 1.71. The van der Waals surface area contributed by atoms with E-state index < -0.39 is 0 Å². The standard InChI is InChI=1S/C23H25N3O5/c1-28-17-11-9-15(10-12-17)21-24-22(31-25-21)16-6-5-13-26(14-16)23(27)20-18(29-2)7-4-8-19(20)30-3/h4,7-12,16H,5-6,13-14H2,1-3H3. The Kier molecular flexibility index (Phi) is 6.06. The summed E-state index contributed by atoms with van der Waals surface area (Å²) in [5.74, 6) is 2.65. The first-order chi connectivity index (χ1) is 15.1. The molecule has 3 aromatic rings. The Morgan fingerprint density at radius 2 is 1.74 bits per heavy atom. The number of carbonyl (C=O) groups is 1. The van der Waals surface area contributed by atoms with Gasteiger partial charge >= 0.3 is 0 Å². The van der Waals surface area contributed by atoms with Gasteiger partial charge in [-0.1, -0.05) is 11.2 Å². The van der Waals surface area contributed by atoms with Gasteiger partial charge in [-0.3, -0.25) is 4.79 Å². The molecule has 1 aromatic heterocycles. The van der Waals surface area contributed by atoms with Crippen LogP contribution in [0.15, 0.2) is 47.0 Å². The Labute approximate surface area is 180 Å². The molecule has 2 heterocycles. The zero-order valence-electron chi connectivity index (χ0n) is 17.8.